The Balaban J connectivity index is 1.79. The van der Waals surface area contributed by atoms with Gasteiger partial charge in [-0.05, 0) is 56.3 Å². The SMILES string of the molecule is CC(C)[C@H](NC(=O)OC(C)(C)C)C(=O)N1C[C@H]2[C@@H]([C@H]1C(=O)NC(CC1CC1)C(O)C(N)=O)C2(C)C. The molecule has 198 valence electrons. The highest BCUT2D eigenvalue weighted by atomic mass is 16.6. The van der Waals surface area contributed by atoms with Crippen LogP contribution in [0.4, 0.5) is 4.79 Å². The highest BCUT2D eigenvalue weighted by Crippen LogP contribution is 2.65. The van der Waals surface area contributed by atoms with Crippen molar-refractivity contribution in [2.75, 3.05) is 6.54 Å². The number of nitrogens with two attached hydrogens (primary N) is 1. The quantitative estimate of drug-likeness (QED) is 0.377. The number of aliphatic hydroxyl groups excluding tert-OH is 1. The Bertz CT molecular complexity index is 863. The van der Waals surface area contributed by atoms with Crippen LogP contribution in [0.15, 0.2) is 0 Å². The summed E-state index contributed by atoms with van der Waals surface area (Å²) in [5, 5.41) is 15.8. The monoisotopic (exact) mass is 494 g/mol. The number of piperidine rings is 1. The first-order valence-electron chi connectivity index (χ1n) is 12.6. The molecule has 35 heavy (non-hydrogen) atoms. The van der Waals surface area contributed by atoms with Gasteiger partial charge in [-0.15, -0.1) is 0 Å². The average molecular weight is 495 g/mol. The summed E-state index contributed by atoms with van der Waals surface area (Å²) in [5.41, 5.74) is 4.50. The van der Waals surface area contributed by atoms with Gasteiger partial charge in [-0.1, -0.05) is 40.5 Å². The van der Waals surface area contributed by atoms with Crippen LogP contribution in [0.1, 0.15) is 67.7 Å². The molecule has 0 radical (unpaired) electrons. The molecule has 5 N–H and O–H groups in total. The molecule has 2 aliphatic carbocycles. The molecule has 1 heterocycles. The Morgan fingerprint density at radius 1 is 1.14 bits per heavy atom. The number of primary amides is 1. The maximum absolute atomic E-state index is 13.6. The molecule has 10 heteroatoms. The molecule has 0 aromatic heterocycles. The molecular weight excluding hydrogens is 452 g/mol. The van der Waals surface area contributed by atoms with Crippen LogP contribution in [-0.2, 0) is 19.1 Å². The smallest absolute Gasteiger partial charge is 0.408 e. The highest BCUT2D eigenvalue weighted by Gasteiger charge is 2.69. The molecule has 3 rings (SSSR count). The summed E-state index contributed by atoms with van der Waals surface area (Å²) >= 11 is 0. The molecule has 3 fully saturated rings. The summed E-state index contributed by atoms with van der Waals surface area (Å²) in [6, 6.07) is -2.42. The summed E-state index contributed by atoms with van der Waals surface area (Å²) in [6.45, 7) is 13.4. The lowest BCUT2D eigenvalue weighted by Crippen LogP contribution is -2.59. The van der Waals surface area contributed by atoms with E-state index in [2.05, 4.69) is 24.5 Å². The molecule has 6 atom stereocenters. The van der Waals surface area contributed by atoms with Gasteiger partial charge in [0, 0.05) is 6.54 Å². The van der Waals surface area contributed by atoms with Crippen LogP contribution in [0.25, 0.3) is 0 Å². The second kappa shape index (κ2) is 9.59. The van der Waals surface area contributed by atoms with E-state index < -0.39 is 47.7 Å². The molecule has 3 aliphatic rings. The maximum Gasteiger partial charge on any atom is 0.408 e. The fraction of sp³-hybridized carbons (Fsp3) is 0.840. The summed E-state index contributed by atoms with van der Waals surface area (Å²) in [4.78, 5) is 52.8. The van der Waals surface area contributed by atoms with E-state index in [0.717, 1.165) is 12.8 Å². The number of hydrogen-bond donors (Lipinski definition) is 4. The molecule has 2 unspecified atom stereocenters. The van der Waals surface area contributed by atoms with Gasteiger partial charge < -0.3 is 31.1 Å². The predicted octanol–water partition coefficient (Wildman–Crippen LogP) is 1.15. The Kier molecular flexibility index (Phi) is 7.47. The molecule has 0 bridgehead atoms. The number of fused-ring (bicyclic) bond motifs is 1. The first-order valence-corrected chi connectivity index (χ1v) is 12.6. The van der Waals surface area contributed by atoms with Crippen molar-refractivity contribution < 1.29 is 29.0 Å². The summed E-state index contributed by atoms with van der Waals surface area (Å²) in [6.07, 6.45) is 0.240. The number of alkyl carbamates (subject to hydrolysis) is 1. The maximum atomic E-state index is 13.6. The van der Waals surface area contributed by atoms with Crippen LogP contribution in [0.2, 0.25) is 0 Å². The Hall–Kier alpha value is -2.36. The fourth-order valence-corrected chi connectivity index (χ4v) is 5.39. The number of aliphatic hydroxyl groups is 1. The van der Waals surface area contributed by atoms with Gasteiger partial charge in [-0.3, -0.25) is 14.4 Å². The van der Waals surface area contributed by atoms with Gasteiger partial charge in [0.15, 0.2) is 6.10 Å². The second-order valence-electron chi connectivity index (χ2n) is 12.4. The van der Waals surface area contributed by atoms with Gasteiger partial charge in [-0.2, -0.15) is 0 Å². The average Bonchev–Trinajstić information content (AvgIpc) is 3.56. The third-order valence-corrected chi connectivity index (χ3v) is 7.65. The zero-order valence-corrected chi connectivity index (χ0v) is 22.0. The standard InChI is InChI=1S/C25H42N4O6/c1-12(2)17(28-23(34)35-24(3,4)5)22(33)29-11-14-16(25(14,6)7)18(29)21(32)27-15(10-13-8-9-13)19(30)20(26)31/h12-19,30H,8-11H2,1-7H3,(H2,26,31)(H,27,32)(H,28,34)/t14-,15?,16-,17-,18-,19?/m0/s1. The Morgan fingerprint density at radius 2 is 1.74 bits per heavy atom. The molecule has 0 spiro atoms. The number of carbonyl (C=O) groups excluding carboxylic acids is 4. The third kappa shape index (κ3) is 6.08. The van der Waals surface area contributed by atoms with Crippen molar-refractivity contribution in [3.63, 3.8) is 0 Å². The van der Waals surface area contributed by atoms with Crippen molar-refractivity contribution in [1.82, 2.24) is 15.5 Å². The van der Waals surface area contributed by atoms with Crippen LogP contribution in [0, 0.1) is 29.1 Å². The van der Waals surface area contributed by atoms with Crippen LogP contribution in [-0.4, -0.2) is 70.2 Å². The van der Waals surface area contributed by atoms with E-state index in [1.807, 2.05) is 13.8 Å². The van der Waals surface area contributed by atoms with E-state index >= 15 is 0 Å². The molecule has 2 saturated carbocycles. The van der Waals surface area contributed by atoms with Crippen LogP contribution in [0.5, 0.6) is 0 Å². The molecule has 1 aliphatic heterocycles. The number of rotatable bonds is 9. The van der Waals surface area contributed by atoms with Gasteiger partial charge in [0.05, 0.1) is 6.04 Å². The summed E-state index contributed by atoms with van der Waals surface area (Å²) in [5.74, 6) is -1.42. The Morgan fingerprint density at radius 3 is 2.23 bits per heavy atom. The first-order chi connectivity index (χ1) is 16.0. The molecule has 0 aromatic rings. The fourth-order valence-electron chi connectivity index (χ4n) is 5.39. The lowest BCUT2D eigenvalue weighted by molar-refractivity contribution is -0.143. The van der Waals surface area contributed by atoms with Gasteiger partial charge in [0.2, 0.25) is 17.7 Å². The molecular formula is C25H42N4O6. The van der Waals surface area contributed by atoms with Crippen molar-refractivity contribution in [3.8, 4) is 0 Å². The van der Waals surface area contributed by atoms with E-state index in [4.69, 9.17) is 10.5 Å². The summed E-state index contributed by atoms with van der Waals surface area (Å²) in [7, 11) is 0. The predicted molar refractivity (Wildman–Crippen MR) is 129 cm³/mol. The van der Waals surface area contributed by atoms with Crippen molar-refractivity contribution >= 4 is 23.8 Å². The third-order valence-electron chi connectivity index (χ3n) is 7.65. The first kappa shape index (κ1) is 27.2. The second-order valence-corrected chi connectivity index (χ2v) is 12.4. The van der Waals surface area contributed by atoms with Crippen molar-refractivity contribution in [2.24, 2.45) is 34.8 Å². The lowest BCUT2D eigenvalue weighted by atomic mass is 9.96. The minimum Gasteiger partial charge on any atom is -0.444 e. The van der Waals surface area contributed by atoms with Crippen LogP contribution in [0.3, 0.4) is 0 Å². The van der Waals surface area contributed by atoms with Crippen molar-refractivity contribution in [3.05, 3.63) is 0 Å². The molecule has 0 aromatic carbocycles. The summed E-state index contributed by atoms with van der Waals surface area (Å²) < 4.78 is 5.34. The number of nitrogens with one attached hydrogen (secondary N) is 2. The van der Waals surface area contributed by atoms with E-state index in [-0.39, 0.29) is 29.1 Å². The number of ether oxygens (including phenoxy) is 1. The molecule has 1 saturated heterocycles. The normalized spacial score (nSPS) is 27.5. The number of carbonyl (C=O) groups is 4. The zero-order chi connectivity index (χ0) is 26.5. The molecule has 4 amide bonds. The number of hydrogen-bond acceptors (Lipinski definition) is 6. The van der Waals surface area contributed by atoms with Gasteiger partial charge in [0.1, 0.15) is 17.7 Å². The largest absolute Gasteiger partial charge is 0.444 e. The van der Waals surface area contributed by atoms with Gasteiger partial charge in [-0.25, -0.2) is 4.79 Å². The van der Waals surface area contributed by atoms with Crippen molar-refractivity contribution in [1.29, 1.82) is 0 Å². The van der Waals surface area contributed by atoms with E-state index in [0.29, 0.717) is 18.9 Å². The lowest BCUT2D eigenvalue weighted by Gasteiger charge is -2.35. The van der Waals surface area contributed by atoms with Crippen molar-refractivity contribution in [2.45, 2.75) is 97.6 Å². The van der Waals surface area contributed by atoms with Crippen LogP contribution < -0.4 is 16.4 Å². The van der Waals surface area contributed by atoms with Gasteiger partial charge in [0.25, 0.3) is 0 Å². The zero-order valence-electron chi connectivity index (χ0n) is 22.0. The van der Waals surface area contributed by atoms with E-state index in [1.54, 1.807) is 25.7 Å². The number of likely N-dealkylation sites (tertiary alicyclic amines) is 1. The topological polar surface area (TPSA) is 151 Å². The van der Waals surface area contributed by atoms with Gasteiger partial charge >= 0.3 is 6.09 Å². The minimum absolute atomic E-state index is 0.0481. The number of nitrogens with zero attached hydrogens (tertiary/aromatic N) is 1. The van der Waals surface area contributed by atoms with E-state index in [1.165, 1.54) is 0 Å². The minimum atomic E-state index is -1.50. The molecule has 10 nitrogen and oxygen atoms in total. The Labute approximate surface area is 207 Å². The van der Waals surface area contributed by atoms with E-state index in [9.17, 15) is 24.3 Å². The highest BCUT2D eigenvalue weighted by molar-refractivity contribution is 5.93. The van der Waals surface area contributed by atoms with Crippen LogP contribution >= 0.6 is 0 Å². The number of amides is 4.